The van der Waals surface area contributed by atoms with Gasteiger partial charge in [-0.25, -0.2) is 15.0 Å². The van der Waals surface area contributed by atoms with Gasteiger partial charge >= 0.3 is 0 Å². The molecule has 0 aliphatic rings. The smallest absolute Gasteiger partial charge is 0.225 e. The average Bonchev–Trinajstić information content (AvgIpc) is 3.35. The fourth-order valence-corrected chi connectivity index (χ4v) is 3.57. The van der Waals surface area contributed by atoms with E-state index in [0.717, 1.165) is 34.1 Å². The maximum Gasteiger partial charge on any atom is 0.225 e. The number of nitrogens with one attached hydrogen (secondary N) is 1. The monoisotopic (exact) mass is 418 g/mol. The molecule has 160 valence electrons. The Hall–Kier alpha value is -3.68. The van der Waals surface area contributed by atoms with Crippen molar-refractivity contribution in [1.82, 2.24) is 29.4 Å². The lowest BCUT2D eigenvalue weighted by Crippen LogP contribution is -2.32. The molecule has 4 rings (SSSR count). The third-order valence-corrected chi connectivity index (χ3v) is 5.32. The second-order valence-corrected chi connectivity index (χ2v) is 7.56. The molecule has 0 aliphatic heterocycles. The predicted molar refractivity (Wildman–Crippen MR) is 118 cm³/mol. The SMILES string of the molecule is COc1cccc(Cn2c(CNC(=O)C(C)Cn3ccnc3C)nc3cccnc32)c1. The summed E-state index contributed by atoms with van der Waals surface area (Å²) in [6.45, 7) is 5.33. The van der Waals surface area contributed by atoms with Crippen LogP contribution in [0.3, 0.4) is 0 Å². The zero-order valence-electron chi connectivity index (χ0n) is 17.9. The van der Waals surface area contributed by atoms with E-state index in [-0.39, 0.29) is 11.8 Å². The molecule has 0 aliphatic carbocycles. The van der Waals surface area contributed by atoms with Crippen molar-refractivity contribution < 1.29 is 9.53 Å². The number of aryl methyl sites for hydroxylation is 1. The summed E-state index contributed by atoms with van der Waals surface area (Å²) in [6, 6.07) is 11.7. The lowest BCUT2D eigenvalue weighted by molar-refractivity contribution is -0.125. The standard InChI is InChI=1S/C23H26N6O2/c1-16(14-28-11-10-24-17(28)2)23(30)26-13-21-27-20-8-5-9-25-22(20)29(21)15-18-6-4-7-19(12-18)31-3/h4-12,16H,13-15H2,1-3H3,(H,26,30). The van der Waals surface area contributed by atoms with Gasteiger partial charge in [-0.2, -0.15) is 0 Å². The molecule has 0 fully saturated rings. The molecular formula is C23H26N6O2. The molecule has 0 saturated carbocycles. The Balaban J connectivity index is 1.52. The van der Waals surface area contributed by atoms with Crippen molar-refractivity contribution in [3.05, 3.63) is 72.2 Å². The molecule has 1 unspecified atom stereocenters. The van der Waals surface area contributed by atoms with Crippen LogP contribution in [0.5, 0.6) is 5.75 Å². The molecule has 3 aromatic heterocycles. The molecule has 1 N–H and O–H groups in total. The van der Waals surface area contributed by atoms with E-state index in [4.69, 9.17) is 9.72 Å². The Bertz CT molecular complexity index is 1200. The van der Waals surface area contributed by atoms with Gasteiger partial charge in [0, 0.05) is 25.1 Å². The fraction of sp³-hybridized carbons (Fsp3) is 0.304. The number of hydrogen-bond donors (Lipinski definition) is 1. The van der Waals surface area contributed by atoms with Crippen LogP contribution in [0.25, 0.3) is 11.2 Å². The summed E-state index contributed by atoms with van der Waals surface area (Å²) in [4.78, 5) is 26.1. The molecule has 1 amide bonds. The first kappa shape index (κ1) is 20.6. The highest BCUT2D eigenvalue weighted by Gasteiger charge is 2.17. The van der Waals surface area contributed by atoms with Crippen LogP contribution in [-0.4, -0.2) is 37.1 Å². The Morgan fingerprint density at radius 3 is 2.84 bits per heavy atom. The van der Waals surface area contributed by atoms with E-state index in [2.05, 4.69) is 15.3 Å². The van der Waals surface area contributed by atoms with Crippen molar-refractivity contribution in [1.29, 1.82) is 0 Å². The van der Waals surface area contributed by atoms with Gasteiger partial charge in [-0.05, 0) is 36.8 Å². The van der Waals surface area contributed by atoms with Crippen LogP contribution < -0.4 is 10.1 Å². The van der Waals surface area contributed by atoms with Gasteiger partial charge in [0.15, 0.2) is 5.65 Å². The molecule has 31 heavy (non-hydrogen) atoms. The summed E-state index contributed by atoms with van der Waals surface area (Å²) < 4.78 is 9.36. The number of carbonyl (C=O) groups is 1. The molecule has 8 nitrogen and oxygen atoms in total. The highest BCUT2D eigenvalue weighted by atomic mass is 16.5. The lowest BCUT2D eigenvalue weighted by atomic mass is 10.1. The van der Waals surface area contributed by atoms with Gasteiger partial charge in [-0.1, -0.05) is 19.1 Å². The number of pyridine rings is 1. The third kappa shape index (κ3) is 4.58. The van der Waals surface area contributed by atoms with Gasteiger partial charge in [0.2, 0.25) is 5.91 Å². The summed E-state index contributed by atoms with van der Waals surface area (Å²) >= 11 is 0. The van der Waals surface area contributed by atoms with E-state index in [1.807, 2.05) is 65.6 Å². The molecule has 0 saturated heterocycles. The molecule has 0 spiro atoms. The second-order valence-electron chi connectivity index (χ2n) is 7.56. The van der Waals surface area contributed by atoms with Crippen LogP contribution in [0.1, 0.15) is 24.1 Å². The van der Waals surface area contributed by atoms with Gasteiger partial charge < -0.3 is 19.2 Å². The van der Waals surface area contributed by atoms with Gasteiger partial charge in [-0.15, -0.1) is 0 Å². The van der Waals surface area contributed by atoms with E-state index in [9.17, 15) is 4.79 Å². The van der Waals surface area contributed by atoms with Crippen molar-refractivity contribution >= 4 is 17.1 Å². The third-order valence-electron chi connectivity index (χ3n) is 5.32. The molecule has 0 bridgehead atoms. The number of hydrogen-bond acceptors (Lipinski definition) is 5. The van der Waals surface area contributed by atoms with Crippen molar-refractivity contribution in [3.63, 3.8) is 0 Å². The molecule has 1 aromatic carbocycles. The number of methoxy groups -OCH3 is 1. The van der Waals surface area contributed by atoms with Gasteiger partial charge in [-0.3, -0.25) is 4.79 Å². The zero-order chi connectivity index (χ0) is 21.8. The molecule has 4 aromatic rings. The average molecular weight is 419 g/mol. The van der Waals surface area contributed by atoms with Crippen LogP contribution in [0, 0.1) is 12.8 Å². The first-order valence-electron chi connectivity index (χ1n) is 10.2. The van der Waals surface area contributed by atoms with Crippen molar-refractivity contribution in [2.45, 2.75) is 33.5 Å². The Morgan fingerprint density at radius 1 is 1.19 bits per heavy atom. The van der Waals surface area contributed by atoms with E-state index in [1.54, 1.807) is 19.5 Å². The summed E-state index contributed by atoms with van der Waals surface area (Å²) in [6.07, 6.45) is 5.39. The highest BCUT2D eigenvalue weighted by molar-refractivity contribution is 5.78. The highest BCUT2D eigenvalue weighted by Crippen LogP contribution is 2.19. The number of imidazole rings is 2. The number of nitrogens with zero attached hydrogens (tertiary/aromatic N) is 5. The molecule has 1 atom stereocenters. The van der Waals surface area contributed by atoms with E-state index < -0.39 is 0 Å². The van der Waals surface area contributed by atoms with E-state index in [0.29, 0.717) is 19.6 Å². The normalized spacial score (nSPS) is 12.1. The van der Waals surface area contributed by atoms with Crippen molar-refractivity contribution in [2.24, 2.45) is 5.92 Å². The summed E-state index contributed by atoms with van der Waals surface area (Å²) in [5, 5.41) is 3.03. The Labute approximate surface area is 180 Å². The summed E-state index contributed by atoms with van der Waals surface area (Å²) in [5.41, 5.74) is 2.66. The lowest BCUT2D eigenvalue weighted by Gasteiger charge is -2.15. The summed E-state index contributed by atoms with van der Waals surface area (Å²) in [5.74, 6) is 2.23. The van der Waals surface area contributed by atoms with Crippen LogP contribution in [0.4, 0.5) is 0 Å². The second kappa shape index (κ2) is 8.99. The predicted octanol–water partition coefficient (Wildman–Crippen LogP) is 2.95. The minimum atomic E-state index is -0.192. The Morgan fingerprint density at radius 2 is 2.06 bits per heavy atom. The van der Waals surface area contributed by atoms with E-state index >= 15 is 0 Å². The minimum absolute atomic E-state index is 0.0268. The van der Waals surface area contributed by atoms with Gasteiger partial charge in [0.25, 0.3) is 0 Å². The van der Waals surface area contributed by atoms with Gasteiger partial charge in [0.1, 0.15) is 22.9 Å². The van der Waals surface area contributed by atoms with Crippen LogP contribution in [0.15, 0.2) is 55.0 Å². The first-order valence-corrected chi connectivity index (χ1v) is 10.2. The Kier molecular flexibility index (Phi) is 5.97. The number of benzene rings is 1. The number of rotatable bonds is 8. The maximum atomic E-state index is 12.7. The fourth-order valence-electron chi connectivity index (χ4n) is 3.57. The molecule has 3 heterocycles. The van der Waals surface area contributed by atoms with Crippen molar-refractivity contribution in [3.8, 4) is 5.75 Å². The number of fused-ring (bicyclic) bond motifs is 1. The number of amides is 1. The molecular weight excluding hydrogens is 392 g/mol. The largest absolute Gasteiger partial charge is 0.497 e. The summed E-state index contributed by atoms with van der Waals surface area (Å²) in [7, 11) is 1.65. The van der Waals surface area contributed by atoms with Crippen LogP contribution >= 0.6 is 0 Å². The van der Waals surface area contributed by atoms with Crippen LogP contribution in [0.2, 0.25) is 0 Å². The molecule has 0 radical (unpaired) electrons. The molecule has 8 heteroatoms. The number of aromatic nitrogens is 5. The van der Waals surface area contributed by atoms with E-state index in [1.165, 1.54) is 0 Å². The quantitative estimate of drug-likeness (QED) is 0.475. The minimum Gasteiger partial charge on any atom is -0.497 e. The van der Waals surface area contributed by atoms with Gasteiger partial charge in [0.05, 0.1) is 26.1 Å². The first-order chi connectivity index (χ1) is 15.0. The van der Waals surface area contributed by atoms with Crippen LogP contribution in [-0.2, 0) is 24.4 Å². The maximum absolute atomic E-state index is 12.7. The zero-order valence-corrected chi connectivity index (χ0v) is 17.9. The van der Waals surface area contributed by atoms with Crippen molar-refractivity contribution in [2.75, 3.05) is 7.11 Å². The number of ether oxygens (including phenoxy) is 1. The number of carbonyl (C=O) groups excluding carboxylic acids is 1. The topological polar surface area (TPSA) is 86.9 Å².